The van der Waals surface area contributed by atoms with Crippen molar-refractivity contribution < 1.29 is 13.9 Å². The van der Waals surface area contributed by atoms with Crippen LogP contribution < -0.4 is 0 Å². The number of halogens is 2. The highest BCUT2D eigenvalue weighted by Gasteiger charge is 2.36. The summed E-state index contributed by atoms with van der Waals surface area (Å²) in [6, 6.07) is 3.31. The molecule has 0 spiro atoms. The molecule has 1 saturated heterocycles. The summed E-state index contributed by atoms with van der Waals surface area (Å²) in [5.74, 6) is -1.43. The minimum Gasteiger partial charge on any atom is -0.382 e. The topological polar surface area (TPSA) is 57.4 Å². The molecule has 1 aromatic heterocycles. The van der Waals surface area contributed by atoms with Gasteiger partial charge in [-0.3, -0.25) is 9.80 Å². The molecule has 6 nitrogen and oxygen atoms in total. The monoisotopic (exact) mass is 459 g/mol. The fourth-order valence-electron chi connectivity index (χ4n) is 4.15. The minimum atomic E-state index is -1.56. The number of benzene rings is 1. The van der Waals surface area contributed by atoms with Crippen molar-refractivity contribution in [3.8, 4) is 0 Å². The quantitative estimate of drug-likeness (QED) is 0.549. The molecule has 2 heterocycles. The van der Waals surface area contributed by atoms with Crippen LogP contribution in [0.3, 0.4) is 0 Å². The van der Waals surface area contributed by atoms with Crippen molar-refractivity contribution in [2.24, 2.45) is 0 Å². The second-order valence-electron chi connectivity index (χ2n) is 9.20. The van der Waals surface area contributed by atoms with E-state index in [0.717, 1.165) is 51.6 Å². The van der Waals surface area contributed by atoms with Crippen molar-refractivity contribution >= 4 is 0 Å². The van der Waals surface area contributed by atoms with Gasteiger partial charge in [-0.25, -0.2) is 18.4 Å². The van der Waals surface area contributed by atoms with Gasteiger partial charge in [0.1, 0.15) is 29.9 Å². The Labute approximate surface area is 195 Å². The van der Waals surface area contributed by atoms with Crippen LogP contribution in [0.5, 0.6) is 0 Å². The van der Waals surface area contributed by atoms with Crippen molar-refractivity contribution in [3.63, 3.8) is 0 Å². The van der Waals surface area contributed by atoms with Gasteiger partial charge >= 0.3 is 0 Å². The van der Waals surface area contributed by atoms with Crippen molar-refractivity contribution in [1.29, 1.82) is 0 Å². The summed E-state index contributed by atoms with van der Waals surface area (Å²) in [6.45, 7) is 10.8. The highest BCUT2D eigenvalue weighted by atomic mass is 19.1. The lowest BCUT2D eigenvalue weighted by Crippen LogP contribution is -2.52. The molecule has 1 N–H and O–H groups in total. The molecule has 33 heavy (non-hydrogen) atoms. The molecule has 3 rings (SSSR count). The van der Waals surface area contributed by atoms with Crippen LogP contribution in [0.15, 0.2) is 54.2 Å². The Hall–Kier alpha value is -2.42. The van der Waals surface area contributed by atoms with Gasteiger partial charge in [-0.15, -0.1) is 0 Å². The van der Waals surface area contributed by atoms with Gasteiger partial charge in [0, 0.05) is 50.9 Å². The predicted molar refractivity (Wildman–Crippen MR) is 126 cm³/mol. The lowest BCUT2D eigenvalue weighted by Gasteiger charge is -2.39. The highest BCUT2D eigenvalue weighted by molar-refractivity contribution is 5.25. The summed E-state index contributed by atoms with van der Waals surface area (Å²) in [7, 11) is 0. The van der Waals surface area contributed by atoms with Gasteiger partial charge in [0.25, 0.3) is 0 Å². The number of nitrogens with zero attached hydrogens (tertiary/aromatic N) is 5. The fourth-order valence-corrected chi connectivity index (χ4v) is 4.15. The summed E-state index contributed by atoms with van der Waals surface area (Å²) in [5, 5.41) is 15.6. The number of rotatable bonds is 10. The Morgan fingerprint density at radius 1 is 1.06 bits per heavy atom. The van der Waals surface area contributed by atoms with Crippen LogP contribution in [0.2, 0.25) is 0 Å². The van der Waals surface area contributed by atoms with E-state index in [4.69, 9.17) is 0 Å². The van der Waals surface area contributed by atoms with E-state index < -0.39 is 17.2 Å². The van der Waals surface area contributed by atoms with E-state index in [1.54, 1.807) is 0 Å². The first-order valence-corrected chi connectivity index (χ1v) is 11.5. The molecule has 1 aliphatic rings. The summed E-state index contributed by atoms with van der Waals surface area (Å²) >= 11 is 0. The molecule has 1 unspecified atom stereocenters. The number of β-amino-alcohol motifs (C(OH)–C–C–N with tert-alkyl or cyclic N) is 1. The second-order valence-corrected chi connectivity index (χ2v) is 9.20. The molecule has 180 valence electrons. The average Bonchev–Trinajstić information content (AvgIpc) is 3.25. The van der Waals surface area contributed by atoms with Crippen molar-refractivity contribution in [3.05, 3.63) is 71.3 Å². The first-order chi connectivity index (χ1) is 15.7. The maximum atomic E-state index is 14.6. The zero-order chi connectivity index (χ0) is 23.8. The molecule has 0 bridgehead atoms. The fraction of sp³-hybridized carbons (Fsp3) is 0.520. The molecule has 1 aliphatic heterocycles. The van der Waals surface area contributed by atoms with Crippen LogP contribution in [0.1, 0.15) is 39.2 Å². The standard InChI is InChI=1S/C25H35F2N5O/c1-20(2)5-4-6-21(3)9-10-30-11-13-31(14-12-30)16-25(33,17-32-19-28-18-29-32)23-8-7-22(26)15-24(23)27/h5,7-9,15,18-19,33H,4,6,10-14,16-17H2,1-3H3. The minimum absolute atomic E-state index is 0.0311. The normalized spacial score (nSPS) is 17.7. The van der Waals surface area contributed by atoms with Crippen LogP contribution in [-0.4, -0.2) is 68.9 Å². The summed E-state index contributed by atoms with van der Waals surface area (Å²) in [4.78, 5) is 8.42. The number of hydrogen-bond donors (Lipinski definition) is 1. The van der Waals surface area contributed by atoms with Gasteiger partial charge in [-0.05, 0) is 39.7 Å². The number of aromatic nitrogens is 3. The van der Waals surface area contributed by atoms with Gasteiger partial charge in [0.05, 0.1) is 6.54 Å². The molecule has 0 saturated carbocycles. The third-order valence-corrected chi connectivity index (χ3v) is 6.06. The van der Waals surface area contributed by atoms with Crippen LogP contribution in [0, 0.1) is 11.6 Å². The van der Waals surface area contributed by atoms with Gasteiger partial charge in [-0.1, -0.05) is 29.4 Å². The first kappa shape index (κ1) is 25.2. The third kappa shape index (κ3) is 7.55. The number of allylic oxidation sites excluding steroid dienone is 3. The van der Waals surface area contributed by atoms with Gasteiger partial charge in [0.2, 0.25) is 0 Å². The lowest BCUT2D eigenvalue weighted by atomic mass is 9.92. The molecule has 0 radical (unpaired) electrons. The zero-order valence-electron chi connectivity index (χ0n) is 19.8. The second kappa shape index (κ2) is 11.6. The smallest absolute Gasteiger partial charge is 0.137 e. The van der Waals surface area contributed by atoms with E-state index >= 15 is 0 Å². The molecule has 2 aromatic rings. The van der Waals surface area contributed by atoms with Crippen LogP contribution in [0.25, 0.3) is 0 Å². The molecular weight excluding hydrogens is 424 g/mol. The third-order valence-electron chi connectivity index (χ3n) is 6.06. The van der Waals surface area contributed by atoms with Crippen molar-refractivity contribution in [2.75, 3.05) is 39.3 Å². The van der Waals surface area contributed by atoms with E-state index in [0.29, 0.717) is 0 Å². The van der Waals surface area contributed by atoms with E-state index in [9.17, 15) is 13.9 Å². The van der Waals surface area contributed by atoms with Crippen molar-refractivity contribution in [1.82, 2.24) is 24.6 Å². The van der Waals surface area contributed by atoms with E-state index in [-0.39, 0.29) is 18.7 Å². The van der Waals surface area contributed by atoms with Crippen LogP contribution >= 0.6 is 0 Å². The number of hydrogen-bond acceptors (Lipinski definition) is 5. The number of aliphatic hydroxyl groups is 1. The van der Waals surface area contributed by atoms with Crippen molar-refractivity contribution in [2.45, 2.75) is 45.8 Å². The van der Waals surface area contributed by atoms with E-state index in [1.165, 1.54) is 40.6 Å². The first-order valence-electron chi connectivity index (χ1n) is 11.5. The summed E-state index contributed by atoms with van der Waals surface area (Å²) in [6.07, 6.45) is 9.56. The van der Waals surface area contributed by atoms with Crippen LogP contribution in [0.4, 0.5) is 8.78 Å². The molecule has 0 amide bonds. The van der Waals surface area contributed by atoms with Crippen LogP contribution in [-0.2, 0) is 12.1 Å². The molecule has 1 aromatic carbocycles. The Bertz CT molecular complexity index is 948. The largest absolute Gasteiger partial charge is 0.382 e. The van der Waals surface area contributed by atoms with E-state index in [1.807, 2.05) is 0 Å². The van der Waals surface area contributed by atoms with Gasteiger partial charge in [-0.2, -0.15) is 5.10 Å². The molecule has 8 heteroatoms. The molecular formula is C25H35F2N5O. The Balaban J connectivity index is 1.60. The number of piperazine rings is 1. The Morgan fingerprint density at radius 3 is 2.42 bits per heavy atom. The molecule has 0 aliphatic carbocycles. The Morgan fingerprint density at radius 2 is 1.79 bits per heavy atom. The SMILES string of the molecule is CC(C)=CCCC(C)=CCN1CCN(CC(O)(Cn2cncn2)c2ccc(F)cc2F)CC1. The molecule has 1 fully saturated rings. The zero-order valence-corrected chi connectivity index (χ0v) is 19.8. The highest BCUT2D eigenvalue weighted by Crippen LogP contribution is 2.28. The predicted octanol–water partition coefficient (Wildman–Crippen LogP) is 3.75. The average molecular weight is 460 g/mol. The lowest BCUT2D eigenvalue weighted by molar-refractivity contribution is -0.0311. The Kier molecular flexibility index (Phi) is 8.88. The maximum absolute atomic E-state index is 14.6. The maximum Gasteiger partial charge on any atom is 0.137 e. The molecule has 1 atom stereocenters. The van der Waals surface area contributed by atoms with Gasteiger partial charge < -0.3 is 5.11 Å². The van der Waals surface area contributed by atoms with E-state index in [2.05, 4.69) is 52.8 Å². The summed E-state index contributed by atoms with van der Waals surface area (Å²) < 4.78 is 29.6. The van der Waals surface area contributed by atoms with Gasteiger partial charge in [0.15, 0.2) is 0 Å². The summed E-state index contributed by atoms with van der Waals surface area (Å²) in [5.41, 5.74) is 1.25.